The minimum Gasteiger partial charge on any atom is -0.481 e. The molecule has 0 saturated carbocycles. The summed E-state index contributed by atoms with van der Waals surface area (Å²) in [5.41, 5.74) is 4.43. The van der Waals surface area contributed by atoms with Crippen LogP contribution >= 0.6 is 0 Å². The third-order valence-corrected chi connectivity index (χ3v) is 6.78. The van der Waals surface area contributed by atoms with Gasteiger partial charge in [-0.25, -0.2) is 4.79 Å². The Balaban J connectivity index is 1.22. The van der Waals surface area contributed by atoms with Crippen molar-refractivity contribution in [3.63, 3.8) is 0 Å². The van der Waals surface area contributed by atoms with Gasteiger partial charge >= 0.3 is 12.1 Å². The summed E-state index contributed by atoms with van der Waals surface area (Å²) in [6.45, 7) is 1.73. The topological polar surface area (TPSA) is 125 Å². The number of fused-ring (bicyclic) bond motifs is 3. The highest BCUT2D eigenvalue weighted by Crippen LogP contribution is 2.44. The molecule has 9 nitrogen and oxygen atoms in total. The molecule has 1 aliphatic heterocycles. The van der Waals surface area contributed by atoms with Gasteiger partial charge in [-0.1, -0.05) is 55.5 Å². The second-order valence-corrected chi connectivity index (χ2v) is 8.75. The van der Waals surface area contributed by atoms with Gasteiger partial charge in [-0.2, -0.15) is 0 Å². The second kappa shape index (κ2) is 10.6. The van der Waals surface area contributed by atoms with Gasteiger partial charge in [-0.15, -0.1) is 0 Å². The lowest BCUT2D eigenvalue weighted by atomic mass is 9.98. The van der Waals surface area contributed by atoms with Crippen molar-refractivity contribution >= 4 is 23.9 Å². The SMILES string of the molecule is CCC1C(C(=O)O)CCN1C(=O)CNC(=O)CNC(=O)OCC1c2ccccc2-c2ccccc21. The van der Waals surface area contributed by atoms with Gasteiger partial charge in [0.2, 0.25) is 11.8 Å². The third-order valence-electron chi connectivity index (χ3n) is 6.78. The van der Waals surface area contributed by atoms with E-state index in [9.17, 15) is 24.3 Å². The Labute approximate surface area is 203 Å². The molecule has 0 bridgehead atoms. The molecule has 2 aromatic carbocycles. The number of alkyl carbamates (subject to hydrolysis) is 1. The Morgan fingerprint density at radius 2 is 1.60 bits per heavy atom. The molecule has 3 N–H and O–H groups in total. The average molecular weight is 480 g/mol. The van der Waals surface area contributed by atoms with Crippen LogP contribution in [-0.2, 0) is 19.1 Å². The standard InChI is InChI=1S/C26H29N3O6/c1-2-22-20(25(32)33)11-12-29(22)24(31)14-27-23(30)13-28-26(34)35-15-21-18-9-5-3-7-16(18)17-8-4-6-10-19(17)21/h3-10,20-22H,2,11-15H2,1H3,(H,27,30)(H,28,34)(H,32,33). The fourth-order valence-corrected chi connectivity index (χ4v) is 5.10. The van der Waals surface area contributed by atoms with E-state index in [1.54, 1.807) is 0 Å². The van der Waals surface area contributed by atoms with E-state index in [0.29, 0.717) is 19.4 Å². The van der Waals surface area contributed by atoms with Crippen molar-refractivity contribution in [3.05, 3.63) is 59.7 Å². The van der Waals surface area contributed by atoms with Crippen molar-refractivity contribution in [2.45, 2.75) is 31.7 Å². The number of nitrogens with zero attached hydrogens (tertiary/aromatic N) is 1. The van der Waals surface area contributed by atoms with E-state index < -0.39 is 23.9 Å². The van der Waals surface area contributed by atoms with Crippen molar-refractivity contribution < 1.29 is 29.0 Å². The van der Waals surface area contributed by atoms with Gasteiger partial charge < -0.3 is 25.4 Å². The first-order valence-corrected chi connectivity index (χ1v) is 11.8. The van der Waals surface area contributed by atoms with E-state index in [0.717, 1.165) is 22.3 Å². The Bertz CT molecular complexity index is 1090. The van der Waals surface area contributed by atoms with E-state index in [1.807, 2.05) is 55.5 Å². The number of carboxylic acids is 1. The minimum atomic E-state index is -0.913. The summed E-state index contributed by atoms with van der Waals surface area (Å²) in [5.74, 6) is -2.46. The van der Waals surface area contributed by atoms with Crippen LogP contribution in [0.15, 0.2) is 48.5 Å². The van der Waals surface area contributed by atoms with E-state index in [-0.39, 0.29) is 37.6 Å². The third kappa shape index (κ3) is 5.13. The highest BCUT2D eigenvalue weighted by Gasteiger charge is 2.39. The molecule has 1 fully saturated rings. The van der Waals surface area contributed by atoms with Gasteiger partial charge in [-0.3, -0.25) is 14.4 Å². The molecule has 2 aromatic rings. The zero-order valence-corrected chi connectivity index (χ0v) is 19.5. The molecule has 0 aromatic heterocycles. The van der Waals surface area contributed by atoms with Crippen molar-refractivity contribution in [2.24, 2.45) is 5.92 Å². The number of benzene rings is 2. The first-order valence-electron chi connectivity index (χ1n) is 11.8. The fourth-order valence-electron chi connectivity index (χ4n) is 5.10. The van der Waals surface area contributed by atoms with Gasteiger partial charge in [0.1, 0.15) is 13.2 Å². The number of carboxylic acid groups (broad SMARTS) is 1. The summed E-state index contributed by atoms with van der Waals surface area (Å²) in [5, 5.41) is 14.2. The molecule has 184 valence electrons. The van der Waals surface area contributed by atoms with Crippen LogP contribution in [0.5, 0.6) is 0 Å². The predicted molar refractivity (Wildman–Crippen MR) is 128 cm³/mol. The molecule has 35 heavy (non-hydrogen) atoms. The highest BCUT2D eigenvalue weighted by atomic mass is 16.5. The number of amides is 3. The quantitative estimate of drug-likeness (QED) is 0.534. The number of nitrogens with one attached hydrogen (secondary N) is 2. The van der Waals surface area contributed by atoms with E-state index in [4.69, 9.17) is 4.74 Å². The lowest BCUT2D eigenvalue weighted by molar-refractivity contribution is -0.143. The number of aliphatic carboxylic acids is 1. The lowest BCUT2D eigenvalue weighted by Gasteiger charge is -2.25. The second-order valence-electron chi connectivity index (χ2n) is 8.75. The Hall–Kier alpha value is -3.88. The molecule has 2 atom stereocenters. The first kappa shape index (κ1) is 24.3. The maximum absolute atomic E-state index is 12.5. The molecule has 1 aliphatic carbocycles. The first-order chi connectivity index (χ1) is 16.9. The van der Waals surface area contributed by atoms with Crippen LogP contribution in [0.1, 0.15) is 36.8 Å². The number of ether oxygens (including phenoxy) is 1. The van der Waals surface area contributed by atoms with Gasteiger partial charge in [0.05, 0.1) is 12.5 Å². The number of likely N-dealkylation sites (tertiary alicyclic amines) is 1. The normalized spacial score (nSPS) is 18.5. The van der Waals surface area contributed by atoms with Crippen molar-refractivity contribution in [1.82, 2.24) is 15.5 Å². The summed E-state index contributed by atoms with van der Waals surface area (Å²) >= 11 is 0. The van der Waals surface area contributed by atoms with Gasteiger partial charge in [0.25, 0.3) is 0 Å². The largest absolute Gasteiger partial charge is 0.481 e. The monoisotopic (exact) mass is 479 g/mol. The van der Waals surface area contributed by atoms with Crippen LogP contribution in [0.4, 0.5) is 4.79 Å². The number of carbonyl (C=O) groups excluding carboxylic acids is 3. The van der Waals surface area contributed by atoms with Crippen LogP contribution in [-0.4, -0.2) is 66.2 Å². The van der Waals surface area contributed by atoms with Crippen LogP contribution in [0.3, 0.4) is 0 Å². The van der Waals surface area contributed by atoms with Crippen LogP contribution in [0, 0.1) is 5.92 Å². The summed E-state index contributed by atoms with van der Waals surface area (Å²) in [6, 6.07) is 15.6. The number of carbonyl (C=O) groups is 4. The van der Waals surface area contributed by atoms with E-state index >= 15 is 0 Å². The Kier molecular flexibility index (Phi) is 7.33. The predicted octanol–water partition coefficient (Wildman–Crippen LogP) is 2.35. The minimum absolute atomic E-state index is 0.0822. The maximum atomic E-state index is 12.5. The van der Waals surface area contributed by atoms with Gasteiger partial charge in [-0.05, 0) is 35.1 Å². The van der Waals surface area contributed by atoms with Crippen LogP contribution in [0.25, 0.3) is 11.1 Å². The van der Waals surface area contributed by atoms with Gasteiger partial charge in [0, 0.05) is 18.5 Å². The smallest absolute Gasteiger partial charge is 0.407 e. The molecule has 1 saturated heterocycles. The van der Waals surface area contributed by atoms with Crippen molar-refractivity contribution in [1.29, 1.82) is 0 Å². The average Bonchev–Trinajstić information content (AvgIpc) is 3.44. The summed E-state index contributed by atoms with van der Waals surface area (Å²) in [7, 11) is 0. The molecule has 0 radical (unpaired) electrons. The summed E-state index contributed by atoms with van der Waals surface area (Å²) in [6.07, 6.45) is 0.208. The number of hydrogen-bond donors (Lipinski definition) is 3. The molecule has 9 heteroatoms. The molecule has 0 spiro atoms. The van der Waals surface area contributed by atoms with Crippen LogP contribution < -0.4 is 10.6 Å². The molecule has 4 rings (SSSR count). The zero-order valence-electron chi connectivity index (χ0n) is 19.5. The zero-order chi connectivity index (χ0) is 24.9. The van der Waals surface area contributed by atoms with Crippen LogP contribution in [0.2, 0.25) is 0 Å². The Morgan fingerprint density at radius 1 is 0.971 bits per heavy atom. The molecule has 2 aliphatic rings. The highest BCUT2D eigenvalue weighted by molar-refractivity contribution is 5.88. The lowest BCUT2D eigenvalue weighted by Crippen LogP contribution is -2.46. The maximum Gasteiger partial charge on any atom is 0.407 e. The number of hydrogen-bond acceptors (Lipinski definition) is 5. The number of rotatable bonds is 8. The summed E-state index contributed by atoms with van der Waals surface area (Å²) in [4.78, 5) is 49.7. The molecular weight excluding hydrogens is 450 g/mol. The summed E-state index contributed by atoms with van der Waals surface area (Å²) < 4.78 is 5.40. The van der Waals surface area contributed by atoms with Crippen molar-refractivity contribution in [3.8, 4) is 11.1 Å². The molecule has 1 heterocycles. The Morgan fingerprint density at radius 3 is 2.20 bits per heavy atom. The molecular formula is C26H29N3O6. The van der Waals surface area contributed by atoms with E-state index in [1.165, 1.54) is 4.90 Å². The van der Waals surface area contributed by atoms with Gasteiger partial charge in [0.15, 0.2) is 0 Å². The van der Waals surface area contributed by atoms with Crippen molar-refractivity contribution in [2.75, 3.05) is 26.2 Å². The van der Waals surface area contributed by atoms with E-state index in [2.05, 4.69) is 10.6 Å². The molecule has 2 unspecified atom stereocenters. The fraction of sp³-hybridized carbons (Fsp3) is 0.385. The molecule has 3 amide bonds.